The molecule has 1 aliphatic heterocycles. The number of aromatic nitrogens is 2. The Hall–Kier alpha value is -2.50. The molecule has 0 atom stereocenters. The highest BCUT2D eigenvalue weighted by molar-refractivity contribution is 5.68. The summed E-state index contributed by atoms with van der Waals surface area (Å²) in [4.78, 5) is 16.3. The van der Waals surface area contributed by atoms with E-state index in [2.05, 4.69) is 61.2 Å². The molecule has 1 amide bonds. The van der Waals surface area contributed by atoms with Crippen molar-refractivity contribution < 1.29 is 9.53 Å². The molecule has 1 saturated heterocycles. The van der Waals surface area contributed by atoms with Crippen molar-refractivity contribution in [3.8, 4) is 5.69 Å². The van der Waals surface area contributed by atoms with Gasteiger partial charge in [0.25, 0.3) is 0 Å². The van der Waals surface area contributed by atoms with Gasteiger partial charge in [0, 0.05) is 38.1 Å². The third-order valence-corrected chi connectivity index (χ3v) is 4.86. The largest absolute Gasteiger partial charge is 0.444 e. The van der Waals surface area contributed by atoms with Gasteiger partial charge < -0.3 is 14.5 Å². The lowest BCUT2D eigenvalue weighted by atomic mass is 9.90. The average Bonchev–Trinajstić information content (AvgIpc) is 3.11. The summed E-state index contributed by atoms with van der Waals surface area (Å²) in [5.74, 6) is 0. The first-order valence-corrected chi connectivity index (χ1v) is 9.91. The highest BCUT2D eigenvalue weighted by Gasteiger charge is 2.26. The number of piperazine rings is 1. The summed E-state index contributed by atoms with van der Waals surface area (Å²) in [6, 6.07) is 8.43. The molecule has 1 aromatic heterocycles. The third-order valence-electron chi connectivity index (χ3n) is 4.86. The fraction of sp³-hybridized carbons (Fsp3) is 0.545. The number of benzene rings is 1. The molecule has 1 aliphatic rings. The molecule has 0 saturated carbocycles. The zero-order valence-corrected chi connectivity index (χ0v) is 17.9. The summed E-state index contributed by atoms with van der Waals surface area (Å²) in [6.45, 7) is 15.2. The molecule has 1 aromatic carbocycles. The van der Waals surface area contributed by atoms with Crippen LogP contribution in [0.2, 0.25) is 0 Å². The average molecular weight is 385 g/mol. The van der Waals surface area contributed by atoms with Gasteiger partial charge in [-0.25, -0.2) is 9.48 Å². The first-order chi connectivity index (χ1) is 13.0. The fourth-order valence-electron chi connectivity index (χ4n) is 3.14. The van der Waals surface area contributed by atoms with E-state index in [1.165, 1.54) is 5.56 Å². The number of hydrogen-bond donors (Lipinski definition) is 0. The molecule has 0 N–H and O–H groups in total. The van der Waals surface area contributed by atoms with Crippen LogP contribution in [0.25, 0.3) is 5.69 Å². The molecule has 0 bridgehead atoms. The van der Waals surface area contributed by atoms with Crippen LogP contribution >= 0.6 is 0 Å². The summed E-state index contributed by atoms with van der Waals surface area (Å²) < 4.78 is 7.39. The number of rotatable bonds is 2. The van der Waals surface area contributed by atoms with E-state index in [9.17, 15) is 4.79 Å². The van der Waals surface area contributed by atoms with Crippen LogP contribution in [0, 0.1) is 0 Å². The molecule has 0 radical (unpaired) electrons. The third kappa shape index (κ3) is 4.86. The highest BCUT2D eigenvalue weighted by atomic mass is 16.6. The van der Waals surface area contributed by atoms with Crippen molar-refractivity contribution in [3.05, 3.63) is 42.2 Å². The van der Waals surface area contributed by atoms with Gasteiger partial charge >= 0.3 is 6.09 Å². The van der Waals surface area contributed by atoms with E-state index < -0.39 is 5.60 Å². The van der Waals surface area contributed by atoms with E-state index in [0.717, 1.165) is 24.5 Å². The van der Waals surface area contributed by atoms with Gasteiger partial charge in [0.2, 0.25) is 0 Å². The fourth-order valence-corrected chi connectivity index (χ4v) is 3.14. The smallest absolute Gasteiger partial charge is 0.410 e. The van der Waals surface area contributed by atoms with E-state index in [-0.39, 0.29) is 11.5 Å². The van der Waals surface area contributed by atoms with Gasteiger partial charge in [-0.05, 0) is 56.0 Å². The second-order valence-corrected chi connectivity index (χ2v) is 9.39. The minimum Gasteiger partial charge on any atom is -0.444 e. The SMILES string of the molecule is CC(C)(C)OC(=O)N1CCN(c2ccc(-n3cc(C(C)(C)C)cn3)cc2)CC1. The second kappa shape index (κ2) is 7.49. The summed E-state index contributed by atoms with van der Waals surface area (Å²) in [5, 5.41) is 4.50. The number of anilines is 1. The van der Waals surface area contributed by atoms with Crippen LogP contribution in [0.1, 0.15) is 47.1 Å². The Morgan fingerprint density at radius 3 is 2.00 bits per heavy atom. The predicted octanol–water partition coefficient (Wildman–Crippen LogP) is 4.23. The minimum absolute atomic E-state index is 0.0893. The number of carbonyl (C=O) groups excluding carboxylic acids is 1. The van der Waals surface area contributed by atoms with Gasteiger partial charge in [0.15, 0.2) is 0 Å². The summed E-state index contributed by atoms with van der Waals surface area (Å²) in [7, 11) is 0. The summed E-state index contributed by atoms with van der Waals surface area (Å²) in [5.41, 5.74) is 3.06. The maximum absolute atomic E-state index is 12.2. The lowest BCUT2D eigenvalue weighted by Gasteiger charge is -2.36. The van der Waals surface area contributed by atoms with Gasteiger partial charge in [-0.2, -0.15) is 5.10 Å². The van der Waals surface area contributed by atoms with E-state index in [0.29, 0.717) is 13.1 Å². The molecule has 28 heavy (non-hydrogen) atoms. The first kappa shape index (κ1) is 20.2. The first-order valence-electron chi connectivity index (χ1n) is 9.91. The highest BCUT2D eigenvalue weighted by Crippen LogP contribution is 2.24. The van der Waals surface area contributed by atoms with Crippen LogP contribution in [-0.2, 0) is 10.2 Å². The molecular formula is C22H32N4O2. The lowest BCUT2D eigenvalue weighted by Crippen LogP contribution is -2.50. The van der Waals surface area contributed by atoms with Gasteiger partial charge in [0.1, 0.15) is 5.60 Å². The van der Waals surface area contributed by atoms with Crippen LogP contribution in [0.5, 0.6) is 0 Å². The number of ether oxygens (including phenoxy) is 1. The predicted molar refractivity (Wildman–Crippen MR) is 112 cm³/mol. The quantitative estimate of drug-likeness (QED) is 0.778. The van der Waals surface area contributed by atoms with Crippen LogP contribution in [0.3, 0.4) is 0 Å². The van der Waals surface area contributed by atoms with Crippen molar-refractivity contribution in [3.63, 3.8) is 0 Å². The van der Waals surface area contributed by atoms with Crippen molar-refractivity contribution in [2.75, 3.05) is 31.1 Å². The molecular weight excluding hydrogens is 352 g/mol. The molecule has 1 fully saturated rings. The molecule has 6 nitrogen and oxygen atoms in total. The van der Waals surface area contributed by atoms with Crippen molar-refractivity contribution in [2.45, 2.75) is 52.6 Å². The molecule has 0 spiro atoms. The van der Waals surface area contributed by atoms with E-state index in [4.69, 9.17) is 4.74 Å². The van der Waals surface area contributed by atoms with Crippen molar-refractivity contribution in [1.82, 2.24) is 14.7 Å². The van der Waals surface area contributed by atoms with Crippen molar-refractivity contribution in [2.24, 2.45) is 0 Å². The van der Waals surface area contributed by atoms with Crippen LogP contribution in [-0.4, -0.2) is 52.6 Å². The Labute approximate surface area is 168 Å². The Kier molecular flexibility index (Phi) is 5.41. The van der Waals surface area contributed by atoms with E-state index in [1.807, 2.05) is 31.6 Å². The van der Waals surface area contributed by atoms with Gasteiger partial charge in [-0.1, -0.05) is 20.8 Å². The van der Waals surface area contributed by atoms with Crippen LogP contribution in [0.4, 0.5) is 10.5 Å². The second-order valence-electron chi connectivity index (χ2n) is 9.39. The summed E-state index contributed by atoms with van der Waals surface area (Å²) >= 11 is 0. The van der Waals surface area contributed by atoms with Crippen molar-refractivity contribution in [1.29, 1.82) is 0 Å². The summed E-state index contributed by atoms with van der Waals surface area (Å²) in [6.07, 6.45) is 3.80. The molecule has 2 heterocycles. The maximum atomic E-state index is 12.2. The van der Waals surface area contributed by atoms with Crippen molar-refractivity contribution >= 4 is 11.8 Å². The Morgan fingerprint density at radius 1 is 0.929 bits per heavy atom. The number of carbonyl (C=O) groups is 1. The Morgan fingerprint density at radius 2 is 1.50 bits per heavy atom. The van der Waals surface area contributed by atoms with Gasteiger partial charge in [-0.3, -0.25) is 0 Å². The normalized spacial score (nSPS) is 15.6. The number of amides is 1. The van der Waals surface area contributed by atoms with Crippen LogP contribution in [0.15, 0.2) is 36.7 Å². The molecule has 0 unspecified atom stereocenters. The van der Waals surface area contributed by atoms with Crippen LogP contribution < -0.4 is 4.90 Å². The Balaban J connectivity index is 1.61. The molecule has 6 heteroatoms. The van der Waals surface area contributed by atoms with Gasteiger partial charge in [0.05, 0.1) is 11.9 Å². The number of nitrogens with zero attached hydrogens (tertiary/aromatic N) is 4. The monoisotopic (exact) mass is 384 g/mol. The maximum Gasteiger partial charge on any atom is 0.410 e. The lowest BCUT2D eigenvalue weighted by molar-refractivity contribution is 0.0240. The zero-order chi connectivity index (χ0) is 20.5. The Bertz CT molecular complexity index is 804. The van der Waals surface area contributed by atoms with E-state index in [1.54, 1.807) is 4.90 Å². The molecule has 152 valence electrons. The standard InChI is InChI=1S/C22H32N4O2/c1-21(2,3)17-15-23-26(16-17)19-9-7-18(8-10-19)24-11-13-25(14-12-24)20(27)28-22(4,5)6/h7-10,15-16H,11-14H2,1-6H3. The number of hydrogen-bond acceptors (Lipinski definition) is 4. The minimum atomic E-state index is -0.455. The topological polar surface area (TPSA) is 50.6 Å². The zero-order valence-electron chi connectivity index (χ0n) is 17.9. The molecule has 0 aliphatic carbocycles. The van der Waals surface area contributed by atoms with E-state index >= 15 is 0 Å². The van der Waals surface area contributed by atoms with Gasteiger partial charge in [-0.15, -0.1) is 0 Å². The molecule has 2 aromatic rings. The molecule has 3 rings (SSSR count).